The van der Waals surface area contributed by atoms with Gasteiger partial charge in [0.25, 0.3) is 5.69 Å². The molecule has 1 atom stereocenters. The van der Waals surface area contributed by atoms with Gasteiger partial charge in [0.2, 0.25) is 0 Å². The fourth-order valence-corrected chi connectivity index (χ4v) is 2.22. The van der Waals surface area contributed by atoms with Crippen molar-refractivity contribution in [2.24, 2.45) is 5.92 Å². The highest BCUT2D eigenvalue weighted by atomic mass is 16.6. The highest BCUT2D eigenvalue weighted by molar-refractivity contribution is 5.35. The second-order valence-electron chi connectivity index (χ2n) is 5.00. The number of nitrogens with zero attached hydrogens (tertiary/aromatic N) is 1. The Morgan fingerprint density at radius 2 is 2.28 bits per heavy atom. The van der Waals surface area contributed by atoms with Gasteiger partial charge >= 0.3 is 0 Å². The molecule has 4 nitrogen and oxygen atoms in total. The van der Waals surface area contributed by atoms with Crippen LogP contribution in [0.4, 0.5) is 5.69 Å². The van der Waals surface area contributed by atoms with Gasteiger partial charge < -0.3 is 5.32 Å². The first-order chi connectivity index (χ1) is 8.70. The molecule has 0 aliphatic heterocycles. The Balaban J connectivity index is 1.96. The smallest absolute Gasteiger partial charge is 0.269 e. The first-order valence-electron chi connectivity index (χ1n) is 6.68. The van der Waals surface area contributed by atoms with E-state index in [1.807, 2.05) is 6.07 Å². The molecule has 0 spiro atoms. The third-order valence-corrected chi connectivity index (χ3v) is 3.53. The lowest BCUT2D eigenvalue weighted by atomic mass is 10.0. The maximum Gasteiger partial charge on any atom is 0.269 e. The van der Waals surface area contributed by atoms with E-state index in [1.54, 1.807) is 18.2 Å². The van der Waals surface area contributed by atoms with E-state index in [-0.39, 0.29) is 16.7 Å². The van der Waals surface area contributed by atoms with Crippen LogP contribution in [-0.2, 0) is 0 Å². The van der Waals surface area contributed by atoms with Crippen LogP contribution in [0.25, 0.3) is 0 Å². The van der Waals surface area contributed by atoms with Crippen molar-refractivity contribution >= 4 is 5.69 Å². The quantitative estimate of drug-likeness (QED) is 0.594. The van der Waals surface area contributed by atoms with Gasteiger partial charge in [0.05, 0.1) is 4.92 Å². The van der Waals surface area contributed by atoms with E-state index < -0.39 is 0 Å². The summed E-state index contributed by atoms with van der Waals surface area (Å²) in [7, 11) is 0. The molecular formula is C14H20N2O2. The molecule has 0 heterocycles. The molecule has 4 heteroatoms. The van der Waals surface area contributed by atoms with E-state index in [1.165, 1.54) is 19.3 Å². The number of hydrogen-bond acceptors (Lipinski definition) is 3. The van der Waals surface area contributed by atoms with Crippen LogP contribution >= 0.6 is 0 Å². The van der Waals surface area contributed by atoms with Crippen molar-refractivity contribution in [3.8, 4) is 0 Å². The molecule has 1 aromatic carbocycles. The zero-order valence-electron chi connectivity index (χ0n) is 10.8. The second kappa shape index (κ2) is 5.96. The normalized spacial score (nSPS) is 16.5. The maximum atomic E-state index is 10.8. The maximum absolute atomic E-state index is 10.8. The standard InChI is InChI=1S/C14H20N2O2/c1-2-14(15-9-8-11-6-7-11)12-4-3-5-13(10-12)16(17)18/h3-5,10-11,14-15H,2,6-9H2,1H3. The lowest BCUT2D eigenvalue weighted by Crippen LogP contribution is -2.22. The molecule has 1 aliphatic rings. The van der Waals surface area contributed by atoms with Gasteiger partial charge in [-0.3, -0.25) is 10.1 Å². The monoisotopic (exact) mass is 248 g/mol. The lowest BCUT2D eigenvalue weighted by Gasteiger charge is -2.17. The highest BCUT2D eigenvalue weighted by Gasteiger charge is 2.21. The molecule has 0 aromatic heterocycles. The summed E-state index contributed by atoms with van der Waals surface area (Å²) in [6, 6.07) is 7.17. The molecule has 18 heavy (non-hydrogen) atoms. The number of non-ortho nitro benzene ring substituents is 1. The lowest BCUT2D eigenvalue weighted by molar-refractivity contribution is -0.384. The summed E-state index contributed by atoms with van der Waals surface area (Å²) in [5.74, 6) is 0.917. The van der Waals surface area contributed by atoms with Crippen LogP contribution in [0, 0.1) is 16.0 Å². The average Bonchev–Trinajstić information content (AvgIpc) is 3.19. The van der Waals surface area contributed by atoms with Gasteiger partial charge in [0.1, 0.15) is 0 Å². The van der Waals surface area contributed by atoms with Crippen LogP contribution in [0.2, 0.25) is 0 Å². The molecule has 98 valence electrons. The van der Waals surface area contributed by atoms with Gasteiger partial charge in [-0.15, -0.1) is 0 Å². The number of rotatable bonds is 7. The zero-order chi connectivity index (χ0) is 13.0. The predicted octanol–water partition coefficient (Wildman–Crippen LogP) is 3.44. The van der Waals surface area contributed by atoms with Gasteiger partial charge in [-0.1, -0.05) is 31.9 Å². The minimum atomic E-state index is -0.333. The zero-order valence-corrected chi connectivity index (χ0v) is 10.8. The molecule has 0 saturated heterocycles. The first kappa shape index (κ1) is 13.0. The molecule has 0 radical (unpaired) electrons. The molecule has 1 unspecified atom stereocenters. The van der Waals surface area contributed by atoms with Crippen molar-refractivity contribution in [1.29, 1.82) is 0 Å². The summed E-state index contributed by atoms with van der Waals surface area (Å²) in [4.78, 5) is 10.4. The van der Waals surface area contributed by atoms with E-state index in [2.05, 4.69) is 12.2 Å². The Hall–Kier alpha value is -1.42. The Kier molecular flexibility index (Phi) is 4.31. The summed E-state index contributed by atoms with van der Waals surface area (Å²) in [5.41, 5.74) is 1.19. The fourth-order valence-electron chi connectivity index (χ4n) is 2.22. The van der Waals surface area contributed by atoms with E-state index in [0.29, 0.717) is 0 Å². The topological polar surface area (TPSA) is 55.2 Å². The molecule has 0 bridgehead atoms. The number of hydrogen-bond donors (Lipinski definition) is 1. The minimum absolute atomic E-state index is 0.176. The molecule has 1 aromatic rings. The molecule has 2 rings (SSSR count). The van der Waals surface area contributed by atoms with E-state index in [4.69, 9.17) is 0 Å². The summed E-state index contributed by atoms with van der Waals surface area (Å²) in [6.07, 6.45) is 4.92. The Bertz CT molecular complexity index is 416. The van der Waals surface area contributed by atoms with Crippen LogP contribution < -0.4 is 5.32 Å². The number of nitro groups is 1. The van der Waals surface area contributed by atoms with Crippen LogP contribution in [-0.4, -0.2) is 11.5 Å². The van der Waals surface area contributed by atoms with Gasteiger partial charge in [-0.25, -0.2) is 0 Å². The molecule has 1 fully saturated rings. The van der Waals surface area contributed by atoms with Crippen molar-refractivity contribution in [1.82, 2.24) is 5.32 Å². The number of benzene rings is 1. The largest absolute Gasteiger partial charge is 0.310 e. The van der Waals surface area contributed by atoms with E-state index in [9.17, 15) is 10.1 Å². The number of nitro benzene ring substituents is 1. The van der Waals surface area contributed by atoms with E-state index >= 15 is 0 Å². The highest BCUT2D eigenvalue weighted by Crippen LogP contribution is 2.32. The van der Waals surface area contributed by atoms with Gasteiger partial charge in [0.15, 0.2) is 0 Å². The number of nitrogens with one attached hydrogen (secondary N) is 1. The summed E-state index contributed by atoms with van der Waals surface area (Å²) in [5, 5.41) is 14.3. The predicted molar refractivity (Wildman–Crippen MR) is 71.5 cm³/mol. The van der Waals surface area contributed by atoms with Gasteiger partial charge in [-0.05, 0) is 30.9 Å². The first-order valence-corrected chi connectivity index (χ1v) is 6.68. The van der Waals surface area contributed by atoms with Crippen molar-refractivity contribution in [3.63, 3.8) is 0 Å². The van der Waals surface area contributed by atoms with Crippen molar-refractivity contribution in [2.75, 3.05) is 6.54 Å². The summed E-state index contributed by atoms with van der Waals surface area (Å²) in [6.45, 7) is 3.11. The van der Waals surface area contributed by atoms with Gasteiger partial charge in [0, 0.05) is 18.2 Å². The van der Waals surface area contributed by atoms with Gasteiger partial charge in [-0.2, -0.15) is 0 Å². The van der Waals surface area contributed by atoms with Crippen molar-refractivity contribution in [2.45, 2.75) is 38.6 Å². The van der Waals surface area contributed by atoms with E-state index in [0.717, 1.165) is 24.4 Å². The summed E-state index contributed by atoms with van der Waals surface area (Å²) < 4.78 is 0. The summed E-state index contributed by atoms with van der Waals surface area (Å²) >= 11 is 0. The SMILES string of the molecule is CCC(NCCC1CC1)c1cccc([N+](=O)[O-])c1. The van der Waals surface area contributed by atoms with Crippen LogP contribution in [0.3, 0.4) is 0 Å². The average molecular weight is 248 g/mol. The molecule has 1 N–H and O–H groups in total. The molecular weight excluding hydrogens is 228 g/mol. The third-order valence-electron chi connectivity index (χ3n) is 3.53. The van der Waals surface area contributed by atoms with Crippen molar-refractivity contribution in [3.05, 3.63) is 39.9 Å². The van der Waals surface area contributed by atoms with Crippen molar-refractivity contribution < 1.29 is 4.92 Å². The Labute approximate surface area is 108 Å². The van der Waals surface area contributed by atoms with Crippen LogP contribution in [0.1, 0.15) is 44.2 Å². The van der Waals surface area contributed by atoms with Crippen LogP contribution in [0.5, 0.6) is 0 Å². The Morgan fingerprint density at radius 3 is 2.89 bits per heavy atom. The molecule has 0 amide bonds. The second-order valence-corrected chi connectivity index (χ2v) is 5.00. The Morgan fingerprint density at radius 1 is 1.50 bits per heavy atom. The molecule has 1 saturated carbocycles. The third kappa shape index (κ3) is 3.53. The minimum Gasteiger partial charge on any atom is -0.310 e. The van der Waals surface area contributed by atoms with Crippen LogP contribution in [0.15, 0.2) is 24.3 Å². The molecule has 1 aliphatic carbocycles. The fraction of sp³-hybridized carbons (Fsp3) is 0.571.